The summed E-state index contributed by atoms with van der Waals surface area (Å²) in [6, 6.07) is 19.9. The summed E-state index contributed by atoms with van der Waals surface area (Å²) in [7, 11) is 0. The van der Waals surface area contributed by atoms with Gasteiger partial charge in [-0.15, -0.1) is 0 Å². The zero-order valence-corrected chi connectivity index (χ0v) is 14.5. The summed E-state index contributed by atoms with van der Waals surface area (Å²) < 4.78 is 0. The van der Waals surface area contributed by atoms with E-state index >= 15 is 0 Å². The molecule has 0 aliphatic heterocycles. The Morgan fingerprint density at radius 1 is 1.08 bits per heavy atom. The number of hydrogen-bond acceptors (Lipinski definition) is 4. The van der Waals surface area contributed by atoms with Crippen LogP contribution in [0.25, 0.3) is 5.69 Å². The van der Waals surface area contributed by atoms with Gasteiger partial charge in [0.2, 0.25) is 0 Å². The van der Waals surface area contributed by atoms with Crippen molar-refractivity contribution in [1.29, 1.82) is 0 Å². The Labute approximate surface area is 152 Å². The summed E-state index contributed by atoms with van der Waals surface area (Å²) >= 11 is 0. The molecule has 0 aliphatic carbocycles. The van der Waals surface area contributed by atoms with Crippen molar-refractivity contribution < 1.29 is 9.90 Å². The molecule has 1 atom stereocenters. The van der Waals surface area contributed by atoms with E-state index in [4.69, 9.17) is 5.11 Å². The summed E-state index contributed by atoms with van der Waals surface area (Å²) in [4.78, 5) is 12.5. The van der Waals surface area contributed by atoms with E-state index in [2.05, 4.69) is 27.6 Å². The SMILES string of the molecule is O=C(O)CCC(Cc1ccccc1)NCc1cnn(-c2ccccc2)n1. The van der Waals surface area contributed by atoms with Crippen molar-refractivity contribution in [3.05, 3.63) is 78.1 Å². The molecule has 0 spiro atoms. The zero-order chi connectivity index (χ0) is 18.2. The van der Waals surface area contributed by atoms with Gasteiger partial charge in [0.15, 0.2) is 0 Å². The fourth-order valence-corrected chi connectivity index (χ4v) is 2.78. The van der Waals surface area contributed by atoms with Crippen LogP contribution < -0.4 is 5.32 Å². The van der Waals surface area contributed by atoms with Crippen LogP contribution in [0.1, 0.15) is 24.1 Å². The molecule has 26 heavy (non-hydrogen) atoms. The van der Waals surface area contributed by atoms with Crippen LogP contribution in [0.3, 0.4) is 0 Å². The quantitative estimate of drug-likeness (QED) is 0.620. The number of aliphatic carboxylic acids is 1. The summed E-state index contributed by atoms with van der Waals surface area (Å²) in [6.07, 6.45) is 3.22. The Balaban J connectivity index is 1.61. The zero-order valence-electron chi connectivity index (χ0n) is 14.5. The van der Waals surface area contributed by atoms with Gasteiger partial charge in [-0.05, 0) is 30.5 Å². The lowest BCUT2D eigenvalue weighted by atomic mass is 10.0. The molecule has 0 amide bonds. The van der Waals surface area contributed by atoms with E-state index in [1.54, 1.807) is 11.0 Å². The first-order chi connectivity index (χ1) is 12.7. The van der Waals surface area contributed by atoms with Crippen molar-refractivity contribution in [3.63, 3.8) is 0 Å². The first-order valence-corrected chi connectivity index (χ1v) is 8.66. The summed E-state index contributed by atoms with van der Waals surface area (Å²) in [6.45, 7) is 0.546. The first kappa shape index (κ1) is 17.8. The van der Waals surface area contributed by atoms with Crippen molar-refractivity contribution in [2.45, 2.75) is 31.8 Å². The molecular formula is C20H22N4O2. The maximum Gasteiger partial charge on any atom is 0.303 e. The molecule has 0 radical (unpaired) electrons. The van der Waals surface area contributed by atoms with Gasteiger partial charge in [-0.25, -0.2) is 0 Å². The number of hydrogen-bond donors (Lipinski definition) is 2. The Kier molecular flexibility index (Phi) is 6.11. The second-order valence-electron chi connectivity index (χ2n) is 6.16. The lowest BCUT2D eigenvalue weighted by Gasteiger charge is -2.17. The molecule has 0 saturated heterocycles. The Bertz CT molecular complexity index is 818. The minimum atomic E-state index is -0.778. The first-order valence-electron chi connectivity index (χ1n) is 8.66. The average molecular weight is 350 g/mol. The molecule has 0 bridgehead atoms. The molecule has 1 aromatic heterocycles. The third-order valence-electron chi connectivity index (χ3n) is 4.13. The molecule has 3 rings (SSSR count). The van der Waals surface area contributed by atoms with Crippen molar-refractivity contribution >= 4 is 5.97 Å². The van der Waals surface area contributed by atoms with Crippen LogP contribution in [-0.4, -0.2) is 32.1 Å². The number of carbonyl (C=O) groups is 1. The maximum absolute atomic E-state index is 10.9. The van der Waals surface area contributed by atoms with Crippen LogP contribution in [0.15, 0.2) is 66.9 Å². The van der Waals surface area contributed by atoms with E-state index in [9.17, 15) is 4.79 Å². The second-order valence-corrected chi connectivity index (χ2v) is 6.16. The third-order valence-corrected chi connectivity index (χ3v) is 4.13. The fourth-order valence-electron chi connectivity index (χ4n) is 2.78. The molecule has 134 valence electrons. The second kappa shape index (κ2) is 8.92. The monoisotopic (exact) mass is 350 g/mol. The van der Waals surface area contributed by atoms with Gasteiger partial charge in [-0.2, -0.15) is 15.0 Å². The number of carboxylic acid groups (broad SMARTS) is 1. The number of para-hydroxylation sites is 1. The molecule has 2 N–H and O–H groups in total. The van der Waals surface area contributed by atoms with Crippen LogP contribution in [0.2, 0.25) is 0 Å². The highest BCUT2D eigenvalue weighted by atomic mass is 16.4. The predicted molar refractivity (Wildman–Crippen MR) is 99.0 cm³/mol. The molecule has 6 nitrogen and oxygen atoms in total. The number of nitrogens with one attached hydrogen (secondary N) is 1. The van der Waals surface area contributed by atoms with Crippen molar-refractivity contribution in [2.75, 3.05) is 0 Å². The molecule has 0 saturated carbocycles. The number of aromatic nitrogens is 3. The summed E-state index contributed by atoms with van der Waals surface area (Å²) in [5.41, 5.74) is 2.91. The van der Waals surface area contributed by atoms with Crippen LogP contribution >= 0.6 is 0 Å². The third kappa shape index (κ3) is 5.26. The van der Waals surface area contributed by atoms with Crippen LogP contribution in [-0.2, 0) is 17.8 Å². The van der Waals surface area contributed by atoms with Gasteiger partial charge < -0.3 is 10.4 Å². The van der Waals surface area contributed by atoms with Gasteiger partial charge >= 0.3 is 5.97 Å². The lowest BCUT2D eigenvalue weighted by Crippen LogP contribution is -2.31. The molecule has 1 heterocycles. The molecule has 6 heteroatoms. The normalized spacial score (nSPS) is 12.0. The number of rotatable bonds is 9. The number of benzene rings is 2. The van der Waals surface area contributed by atoms with E-state index in [1.807, 2.05) is 48.5 Å². The highest BCUT2D eigenvalue weighted by Crippen LogP contribution is 2.09. The highest BCUT2D eigenvalue weighted by Gasteiger charge is 2.13. The lowest BCUT2D eigenvalue weighted by molar-refractivity contribution is -0.137. The van der Waals surface area contributed by atoms with E-state index in [-0.39, 0.29) is 12.5 Å². The Morgan fingerprint density at radius 2 is 1.77 bits per heavy atom. The minimum Gasteiger partial charge on any atom is -0.481 e. The van der Waals surface area contributed by atoms with E-state index < -0.39 is 5.97 Å². The molecule has 2 aromatic carbocycles. The van der Waals surface area contributed by atoms with Gasteiger partial charge in [0.05, 0.1) is 17.6 Å². The van der Waals surface area contributed by atoms with E-state index in [0.717, 1.165) is 17.8 Å². The standard InChI is InChI=1S/C20H22N4O2/c25-20(26)12-11-17(13-16-7-3-1-4-8-16)21-14-18-15-22-24(23-18)19-9-5-2-6-10-19/h1-10,15,17,21H,11-14H2,(H,25,26). The van der Waals surface area contributed by atoms with Crippen LogP contribution in [0.5, 0.6) is 0 Å². The minimum absolute atomic E-state index is 0.0652. The fraction of sp³-hybridized carbons (Fsp3) is 0.250. The molecule has 0 aliphatic rings. The topological polar surface area (TPSA) is 80.0 Å². The largest absolute Gasteiger partial charge is 0.481 e. The molecule has 1 unspecified atom stereocenters. The van der Waals surface area contributed by atoms with E-state index in [0.29, 0.717) is 13.0 Å². The highest BCUT2D eigenvalue weighted by molar-refractivity contribution is 5.66. The van der Waals surface area contributed by atoms with Gasteiger partial charge in [-0.3, -0.25) is 4.79 Å². The van der Waals surface area contributed by atoms with Crippen LogP contribution in [0.4, 0.5) is 0 Å². The van der Waals surface area contributed by atoms with Gasteiger partial charge in [0, 0.05) is 19.0 Å². The number of carboxylic acids is 1. The van der Waals surface area contributed by atoms with Crippen molar-refractivity contribution in [3.8, 4) is 5.69 Å². The van der Waals surface area contributed by atoms with Gasteiger partial charge in [0.25, 0.3) is 0 Å². The molecule has 3 aromatic rings. The molecular weight excluding hydrogens is 328 g/mol. The predicted octanol–water partition coefficient (Wildman–Crippen LogP) is 2.83. The van der Waals surface area contributed by atoms with E-state index in [1.165, 1.54) is 5.56 Å². The van der Waals surface area contributed by atoms with Crippen molar-refractivity contribution in [2.24, 2.45) is 0 Å². The van der Waals surface area contributed by atoms with Crippen LogP contribution in [0, 0.1) is 0 Å². The smallest absolute Gasteiger partial charge is 0.303 e. The van der Waals surface area contributed by atoms with Gasteiger partial charge in [-0.1, -0.05) is 48.5 Å². The van der Waals surface area contributed by atoms with Crippen molar-refractivity contribution in [1.82, 2.24) is 20.3 Å². The summed E-state index contributed by atoms with van der Waals surface area (Å²) in [5.74, 6) is -0.778. The Morgan fingerprint density at radius 3 is 2.46 bits per heavy atom. The number of nitrogens with zero attached hydrogens (tertiary/aromatic N) is 3. The average Bonchev–Trinajstić information content (AvgIpc) is 3.14. The summed E-state index contributed by atoms with van der Waals surface area (Å²) in [5, 5.41) is 21.2. The van der Waals surface area contributed by atoms with Gasteiger partial charge in [0.1, 0.15) is 0 Å². The Hall–Kier alpha value is -2.99. The maximum atomic E-state index is 10.9. The molecule has 0 fully saturated rings.